The van der Waals surface area contributed by atoms with E-state index in [-0.39, 0.29) is 18.3 Å². The first kappa shape index (κ1) is 16.4. The van der Waals surface area contributed by atoms with E-state index in [9.17, 15) is 9.18 Å². The summed E-state index contributed by atoms with van der Waals surface area (Å²) in [6.07, 6.45) is 1.96. The van der Waals surface area contributed by atoms with Crippen molar-refractivity contribution in [2.75, 3.05) is 13.2 Å². The van der Waals surface area contributed by atoms with Gasteiger partial charge in [-0.1, -0.05) is 36.4 Å². The molecule has 0 radical (unpaired) electrons. The zero-order chi connectivity index (χ0) is 17.9. The molecule has 1 atom stereocenters. The minimum atomic E-state index is -0.452. The first-order valence-corrected chi connectivity index (χ1v) is 8.61. The van der Waals surface area contributed by atoms with Crippen molar-refractivity contribution in [1.29, 1.82) is 0 Å². The van der Waals surface area contributed by atoms with Gasteiger partial charge in [-0.05, 0) is 30.3 Å². The number of para-hydroxylation sites is 1. The number of hydrogen-bond acceptors (Lipinski definition) is 2. The third-order valence-corrected chi connectivity index (χ3v) is 4.66. The lowest BCUT2D eigenvalue weighted by Crippen LogP contribution is -2.44. The summed E-state index contributed by atoms with van der Waals surface area (Å²) in [5.74, 6) is 0.173. The number of ether oxygens (including phenoxy) is 1. The second kappa shape index (κ2) is 7.04. The van der Waals surface area contributed by atoms with Crippen molar-refractivity contribution >= 4 is 5.91 Å². The summed E-state index contributed by atoms with van der Waals surface area (Å²) in [5.41, 5.74) is 1.41. The highest BCUT2D eigenvalue weighted by Gasteiger charge is 2.33. The topological polar surface area (TPSA) is 34.5 Å². The maximum atomic E-state index is 14.5. The lowest BCUT2D eigenvalue weighted by atomic mass is 9.99. The number of hydrogen-bond donors (Lipinski definition) is 0. The lowest BCUT2D eigenvalue weighted by Gasteiger charge is -2.37. The van der Waals surface area contributed by atoms with Crippen LogP contribution in [0.2, 0.25) is 0 Å². The Labute approximate surface area is 151 Å². The van der Waals surface area contributed by atoms with Crippen LogP contribution in [0, 0.1) is 5.82 Å². The fourth-order valence-corrected chi connectivity index (χ4v) is 3.42. The Morgan fingerprint density at radius 3 is 2.58 bits per heavy atom. The third-order valence-electron chi connectivity index (χ3n) is 4.66. The maximum Gasteiger partial charge on any atom is 0.261 e. The average molecular weight is 350 g/mol. The predicted octanol–water partition coefficient (Wildman–Crippen LogP) is 3.64. The van der Waals surface area contributed by atoms with Gasteiger partial charge in [0.25, 0.3) is 5.91 Å². The Morgan fingerprint density at radius 2 is 1.77 bits per heavy atom. The van der Waals surface area contributed by atoms with Gasteiger partial charge in [0.05, 0.1) is 0 Å². The van der Waals surface area contributed by atoms with Crippen molar-refractivity contribution in [3.05, 3.63) is 90.0 Å². The minimum Gasteiger partial charge on any atom is -0.484 e. The first-order chi connectivity index (χ1) is 12.7. The van der Waals surface area contributed by atoms with E-state index in [1.807, 2.05) is 48.7 Å². The second-order valence-corrected chi connectivity index (χ2v) is 6.24. The second-order valence-electron chi connectivity index (χ2n) is 6.24. The molecule has 26 heavy (non-hydrogen) atoms. The monoisotopic (exact) mass is 350 g/mol. The maximum absolute atomic E-state index is 14.5. The van der Waals surface area contributed by atoms with Gasteiger partial charge in [0.2, 0.25) is 0 Å². The van der Waals surface area contributed by atoms with Crippen LogP contribution in [-0.2, 0) is 11.3 Å². The summed E-state index contributed by atoms with van der Waals surface area (Å²) in [4.78, 5) is 14.6. The number of carbonyl (C=O) groups is 1. The summed E-state index contributed by atoms with van der Waals surface area (Å²) in [7, 11) is 0. The van der Waals surface area contributed by atoms with Gasteiger partial charge in [-0.25, -0.2) is 4.39 Å². The Bertz CT molecular complexity index is 907. The van der Waals surface area contributed by atoms with Crippen LogP contribution in [-0.4, -0.2) is 28.5 Å². The average Bonchev–Trinajstić information content (AvgIpc) is 3.15. The minimum absolute atomic E-state index is 0.0737. The number of benzene rings is 2. The molecule has 0 spiro atoms. The van der Waals surface area contributed by atoms with E-state index in [2.05, 4.69) is 4.57 Å². The summed E-state index contributed by atoms with van der Waals surface area (Å²) < 4.78 is 22.2. The molecule has 1 aliphatic rings. The molecule has 4 nitrogen and oxygen atoms in total. The SMILES string of the molecule is O=C(COc1ccccc1)N1CCn2cccc2C1c1ccccc1F. The summed E-state index contributed by atoms with van der Waals surface area (Å²) in [6, 6.07) is 19.3. The molecule has 0 aliphatic carbocycles. The van der Waals surface area contributed by atoms with E-state index in [0.717, 1.165) is 5.69 Å². The van der Waals surface area contributed by atoms with E-state index in [1.165, 1.54) is 6.07 Å². The zero-order valence-corrected chi connectivity index (χ0v) is 14.2. The van der Waals surface area contributed by atoms with Crippen molar-refractivity contribution in [3.63, 3.8) is 0 Å². The van der Waals surface area contributed by atoms with Gasteiger partial charge < -0.3 is 14.2 Å². The standard InChI is InChI=1S/C21H19FN2O2/c22-18-10-5-4-9-17(18)21-19-11-6-12-23(19)13-14-24(21)20(25)15-26-16-7-2-1-3-8-16/h1-12,21H,13-15H2. The molecular weight excluding hydrogens is 331 g/mol. The normalized spacial score (nSPS) is 16.2. The molecule has 0 bridgehead atoms. The number of fused-ring (bicyclic) bond motifs is 1. The van der Waals surface area contributed by atoms with E-state index in [4.69, 9.17) is 4.74 Å². The van der Waals surface area contributed by atoms with E-state index in [1.54, 1.807) is 23.1 Å². The van der Waals surface area contributed by atoms with Gasteiger partial charge in [0.15, 0.2) is 6.61 Å². The van der Waals surface area contributed by atoms with Crippen LogP contribution in [0.3, 0.4) is 0 Å². The van der Waals surface area contributed by atoms with Gasteiger partial charge >= 0.3 is 0 Å². The lowest BCUT2D eigenvalue weighted by molar-refractivity contribution is -0.136. The van der Waals surface area contributed by atoms with Crippen molar-refractivity contribution in [1.82, 2.24) is 9.47 Å². The number of aromatic nitrogens is 1. The van der Waals surface area contributed by atoms with Crippen molar-refractivity contribution < 1.29 is 13.9 Å². The van der Waals surface area contributed by atoms with Crippen LogP contribution < -0.4 is 4.74 Å². The van der Waals surface area contributed by atoms with Gasteiger partial charge in [-0.2, -0.15) is 0 Å². The molecule has 1 aliphatic heterocycles. The fraction of sp³-hybridized carbons (Fsp3) is 0.190. The smallest absolute Gasteiger partial charge is 0.261 e. The Kier molecular flexibility index (Phi) is 4.44. The number of rotatable bonds is 4. The Morgan fingerprint density at radius 1 is 1.00 bits per heavy atom. The van der Waals surface area contributed by atoms with Crippen LogP contribution >= 0.6 is 0 Å². The molecule has 2 aromatic carbocycles. The highest BCUT2D eigenvalue weighted by molar-refractivity contribution is 5.79. The first-order valence-electron chi connectivity index (χ1n) is 8.61. The van der Waals surface area contributed by atoms with Crippen LogP contribution in [0.1, 0.15) is 17.3 Å². The molecule has 1 unspecified atom stereocenters. The zero-order valence-electron chi connectivity index (χ0n) is 14.2. The number of halogens is 1. The Balaban J connectivity index is 1.62. The molecule has 1 amide bonds. The molecule has 3 aromatic rings. The molecule has 5 heteroatoms. The third kappa shape index (κ3) is 3.08. The van der Waals surface area contributed by atoms with Crippen LogP contribution in [0.4, 0.5) is 4.39 Å². The van der Waals surface area contributed by atoms with Crippen LogP contribution in [0.25, 0.3) is 0 Å². The number of carbonyl (C=O) groups excluding carboxylic acids is 1. The summed E-state index contributed by atoms with van der Waals surface area (Å²) in [6.45, 7) is 1.12. The van der Waals surface area contributed by atoms with Crippen molar-refractivity contribution in [3.8, 4) is 5.75 Å². The van der Waals surface area contributed by atoms with Crippen LogP contribution in [0.15, 0.2) is 72.9 Å². The molecule has 0 N–H and O–H groups in total. The van der Waals surface area contributed by atoms with E-state index in [0.29, 0.717) is 24.4 Å². The molecule has 0 saturated carbocycles. The van der Waals surface area contributed by atoms with Gasteiger partial charge in [0.1, 0.15) is 17.6 Å². The van der Waals surface area contributed by atoms with Gasteiger partial charge in [0, 0.05) is 30.5 Å². The number of amides is 1. The summed E-state index contributed by atoms with van der Waals surface area (Å²) in [5, 5.41) is 0. The highest BCUT2D eigenvalue weighted by atomic mass is 19.1. The van der Waals surface area contributed by atoms with Gasteiger partial charge in [-0.3, -0.25) is 4.79 Å². The molecular formula is C21H19FN2O2. The Hall–Kier alpha value is -3.08. The van der Waals surface area contributed by atoms with Crippen LogP contribution in [0.5, 0.6) is 5.75 Å². The molecule has 0 fully saturated rings. The molecule has 4 rings (SSSR count). The van der Waals surface area contributed by atoms with Gasteiger partial charge in [-0.15, -0.1) is 0 Å². The van der Waals surface area contributed by atoms with E-state index < -0.39 is 6.04 Å². The summed E-state index contributed by atoms with van der Waals surface area (Å²) >= 11 is 0. The molecule has 0 saturated heterocycles. The van der Waals surface area contributed by atoms with Crippen molar-refractivity contribution in [2.24, 2.45) is 0 Å². The highest BCUT2D eigenvalue weighted by Crippen LogP contribution is 2.33. The predicted molar refractivity (Wildman–Crippen MR) is 96.3 cm³/mol. The molecule has 1 aromatic heterocycles. The quantitative estimate of drug-likeness (QED) is 0.720. The fourth-order valence-electron chi connectivity index (χ4n) is 3.42. The largest absolute Gasteiger partial charge is 0.484 e. The molecule has 132 valence electrons. The van der Waals surface area contributed by atoms with E-state index >= 15 is 0 Å². The molecule has 2 heterocycles. The number of nitrogens with zero attached hydrogens (tertiary/aromatic N) is 2. The van der Waals surface area contributed by atoms with Crippen molar-refractivity contribution in [2.45, 2.75) is 12.6 Å².